The lowest BCUT2D eigenvalue weighted by atomic mass is 10.1. The second-order valence-electron chi connectivity index (χ2n) is 4.34. The van der Waals surface area contributed by atoms with Crippen LogP contribution in [0.1, 0.15) is 17.2 Å². The van der Waals surface area contributed by atoms with E-state index in [1.807, 2.05) is 54.6 Å². The highest BCUT2D eigenvalue weighted by atomic mass is 16.5. The van der Waals surface area contributed by atoms with E-state index in [-0.39, 0.29) is 12.6 Å². The van der Waals surface area contributed by atoms with Gasteiger partial charge < -0.3 is 15.2 Å². The molecule has 0 saturated heterocycles. The van der Waals surface area contributed by atoms with Crippen LogP contribution in [0.2, 0.25) is 0 Å². The van der Waals surface area contributed by atoms with Crippen molar-refractivity contribution < 1.29 is 14.3 Å². The van der Waals surface area contributed by atoms with Crippen molar-refractivity contribution in [1.29, 1.82) is 0 Å². The van der Waals surface area contributed by atoms with E-state index < -0.39 is 0 Å². The Balaban J connectivity index is 1.98. The molecule has 0 aromatic heterocycles. The maximum atomic E-state index is 10.3. The Morgan fingerprint density at radius 1 is 1.05 bits per heavy atom. The van der Waals surface area contributed by atoms with E-state index >= 15 is 0 Å². The lowest BCUT2D eigenvalue weighted by Gasteiger charge is -2.15. The summed E-state index contributed by atoms with van der Waals surface area (Å²) in [7, 11) is 0. The Morgan fingerprint density at radius 3 is 2.50 bits per heavy atom. The van der Waals surface area contributed by atoms with Crippen molar-refractivity contribution in [2.45, 2.75) is 12.6 Å². The number of hydrogen-bond donors (Lipinski definition) is 1. The van der Waals surface area contributed by atoms with Crippen molar-refractivity contribution in [3.63, 3.8) is 0 Å². The van der Waals surface area contributed by atoms with Gasteiger partial charge in [-0.2, -0.15) is 0 Å². The fourth-order valence-corrected chi connectivity index (χ4v) is 1.86. The van der Waals surface area contributed by atoms with E-state index in [9.17, 15) is 4.79 Å². The maximum absolute atomic E-state index is 10.3. The van der Waals surface area contributed by atoms with Gasteiger partial charge >= 0.3 is 0 Å². The Kier molecular flexibility index (Phi) is 5.15. The molecule has 0 bridgehead atoms. The highest BCUT2D eigenvalue weighted by molar-refractivity contribution is 5.39. The molecule has 0 unspecified atom stereocenters. The molecule has 0 heterocycles. The molecule has 2 N–H and O–H groups in total. The molecular formula is C16H17NO3. The number of nitrogens with two attached hydrogens (primary N) is 1. The van der Waals surface area contributed by atoms with E-state index in [1.54, 1.807) is 0 Å². The van der Waals surface area contributed by atoms with Gasteiger partial charge in [-0.1, -0.05) is 48.5 Å². The first-order chi connectivity index (χ1) is 9.81. The number of hydrogen-bond acceptors (Lipinski definition) is 4. The molecular weight excluding hydrogens is 254 g/mol. The van der Waals surface area contributed by atoms with Gasteiger partial charge in [0.15, 0.2) is 0 Å². The molecule has 0 fully saturated rings. The van der Waals surface area contributed by atoms with E-state index in [0.717, 1.165) is 11.1 Å². The molecule has 0 amide bonds. The topological polar surface area (TPSA) is 61.6 Å². The van der Waals surface area contributed by atoms with Gasteiger partial charge in [-0.25, -0.2) is 0 Å². The van der Waals surface area contributed by atoms with E-state index in [0.29, 0.717) is 18.8 Å². The SMILES string of the molecule is N[C@H](COc1ccccc1COC=O)c1ccccc1. The minimum atomic E-state index is -0.198. The smallest absolute Gasteiger partial charge is 0.293 e. The van der Waals surface area contributed by atoms with Gasteiger partial charge in [-0.3, -0.25) is 4.79 Å². The molecule has 2 aromatic carbocycles. The number of carbonyl (C=O) groups excluding carboxylic acids is 1. The first-order valence-corrected chi connectivity index (χ1v) is 6.37. The summed E-state index contributed by atoms with van der Waals surface area (Å²) in [6.45, 7) is 0.981. The third kappa shape index (κ3) is 3.83. The van der Waals surface area contributed by atoms with Crippen LogP contribution in [0.25, 0.3) is 0 Å². The summed E-state index contributed by atoms with van der Waals surface area (Å²) in [5.74, 6) is 0.681. The van der Waals surface area contributed by atoms with Crippen LogP contribution < -0.4 is 10.5 Å². The summed E-state index contributed by atoms with van der Waals surface area (Å²) in [6, 6.07) is 17.0. The Labute approximate surface area is 118 Å². The summed E-state index contributed by atoms with van der Waals surface area (Å²) in [6.07, 6.45) is 0. The van der Waals surface area contributed by atoms with Crippen LogP contribution in [-0.4, -0.2) is 13.1 Å². The average Bonchev–Trinajstić information content (AvgIpc) is 2.52. The number of ether oxygens (including phenoxy) is 2. The lowest BCUT2D eigenvalue weighted by molar-refractivity contribution is -0.129. The quantitative estimate of drug-likeness (QED) is 0.786. The van der Waals surface area contributed by atoms with Crippen molar-refractivity contribution in [3.8, 4) is 5.75 Å². The molecule has 0 aliphatic rings. The normalized spacial score (nSPS) is 11.7. The van der Waals surface area contributed by atoms with Crippen LogP contribution in [0.15, 0.2) is 54.6 Å². The molecule has 104 valence electrons. The summed E-state index contributed by atoms with van der Waals surface area (Å²) >= 11 is 0. The largest absolute Gasteiger partial charge is 0.491 e. The van der Waals surface area contributed by atoms with Crippen molar-refractivity contribution in [1.82, 2.24) is 0 Å². The molecule has 0 aliphatic carbocycles. The van der Waals surface area contributed by atoms with E-state index in [4.69, 9.17) is 15.2 Å². The predicted octanol–water partition coefficient (Wildman–Crippen LogP) is 2.44. The first kappa shape index (κ1) is 14.1. The zero-order valence-electron chi connectivity index (χ0n) is 11.1. The van der Waals surface area contributed by atoms with Crippen LogP contribution in [0.5, 0.6) is 5.75 Å². The standard InChI is InChI=1S/C16H17NO3/c17-15(13-6-2-1-3-7-13)11-20-16-9-5-4-8-14(16)10-19-12-18/h1-9,12,15H,10-11,17H2/t15-/m1/s1. The van der Waals surface area contributed by atoms with Gasteiger partial charge in [0.05, 0.1) is 6.04 Å². The van der Waals surface area contributed by atoms with Crippen LogP contribution in [-0.2, 0) is 16.1 Å². The highest BCUT2D eigenvalue weighted by Gasteiger charge is 2.08. The van der Waals surface area contributed by atoms with Gasteiger partial charge in [-0.15, -0.1) is 0 Å². The molecule has 20 heavy (non-hydrogen) atoms. The first-order valence-electron chi connectivity index (χ1n) is 6.37. The van der Waals surface area contributed by atoms with Crippen LogP contribution in [0.4, 0.5) is 0 Å². The van der Waals surface area contributed by atoms with Crippen molar-refractivity contribution in [2.75, 3.05) is 6.61 Å². The molecule has 0 aliphatic heterocycles. The molecule has 0 saturated carbocycles. The average molecular weight is 271 g/mol. The second-order valence-corrected chi connectivity index (χ2v) is 4.34. The summed E-state index contributed by atoms with van der Waals surface area (Å²) in [5.41, 5.74) is 7.92. The maximum Gasteiger partial charge on any atom is 0.293 e. The number of rotatable bonds is 7. The van der Waals surface area contributed by atoms with Crippen LogP contribution in [0, 0.1) is 0 Å². The highest BCUT2D eigenvalue weighted by Crippen LogP contribution is 2.20. The molecule has 0 radical (unpaired) electrons. The summed E-state index contributed by atoms with van der Waals surface area (Å²) < 4.78 is 10.5. The molecule has 4 nitrogen and oxygen atoms in total. The monoisotopic (exact) mass is 271 g/mol. The predicted molar refractivity (Wildman–Crippen MR) is 76.2 cm³/mol. The van der Waals surface area contributed by atoms with Crippen molar-refractivity contribution >= 4 is 6.47 Å². The van der Waals surface area contributed by atoms with Gasteiger partial charge in [0.1, 0.15) is 19.0 Å². The van der Waals surface area contributed by atoms with Gasteiger partial charge in [-0.05, 0) is 11.6 Å². The fourth-order valence-electron chi connectivity index (χ4n) is 1.86. The molecule has 2 rings (SSSR count). The zero-order chi connectivity index (χ0) is 14.2. The number of para-hydroxylation sites is 1. The fraction of sp³-hybridized carbons (Fsp3) is 0.188. The van der Waals surface area contributed by atoms with Crippen molar-refractivity contribution in [2.24, 2.45) is 5.73 Å². The zero-order valence-corrected chi connectivity index (χ0v) is 11.1. The molecule has 0 spiro atoms. The second kappa shape index (κ2) is 7.31. The van der Waals surface area contributed by atoms with Gasteiger partial charge in [0.2, 0.25) is 0 Å². The van der Waals surface area contributed by atoms with Crippen LogP contribution in [0.3, 0.4) is 0 Å². The van der Waals surface area contributed by atoms with Crippen molar-refractivity contribution in [3.05, 3.63) is 65.7 Å². The molecule has 2 aromatic rings. The number of carbonyl (C=O) groups is 1. The third-order valence-corrected chi connectivity index (χ3v) is 2.93. The molecule has 4 heteroatoms. The van der Waals surface area contributed by atoms with Gasteiger partial charge in [0.25, 0.3) is 6.47 Å². The minimum absolute atomic E-state index is 0.195. The van der Waals surface area contributed by atoms with E-state index in [2.05, 4.69) is 0 Å². The lowest BCUT2D eigenvalue weighted by Crippen LogP contribution is -2.19. The molecule has 1 atom stereocenters. The van der Waals surface area contributed by atoms with Crippen LogP contribution >= 0.6 is 0 Å². The van der Waals surface area contributed by atoms with Gasteiger partial charge in [0, 0.05) is 5.56 Å². The third-order valence-electron chi connectivity index (χ3n) is 2.93. The number of benzene rings is 2. The Morgan fingerprint density at radius 2 is 1.75 bits per heavy atom. The minimum Gasteiger partial charge on any atom is -0.491 e. The Hall–Kier alpha value is -2.33. The summed E-state index contributed by atoms with van der Waals surface area (Å²) in [5, 5.41) is 0. The van der Waals surface area contributed by atoms with E-state index in [1.165, 1.54) is 0 Å². The Bertz CT molecular complexity index is 542. The summed E-state index contributed by atoms with van der Waals surface area (Å²) in [4.78, 5) is 10.3.